The van der Waals surface area contributed by atoms with Gasteiger partial charge in [0.15, 0.2) is 0 Å². The van der Waals surface area contributed by atoms with Crippen molar-refractivity contribution < 1.29 is 4.79 Å². The fraction of sp³-hybridized carbons (Fsp3) is 0.214. The summed E-state index contributed by atoms with van der Waals surface area (Å²) in [6, 6.07) is 5.48. The van der Waals surface area contributed by atoms with Gasteiger partial charge in [0.25, 0.3) is 5.56 Å². The van der Waals surface area contributed by atoms with Gasteiger partial charge in [-0.2, -0.15) is 0 Å². The first-order chi connectivity index (χ1) is 9.86. The quantitative estimate of drug-likeness (QED) is 0.784. The Morgan fingerprint density at radius 3 is 2.57 bits per heavy atom. The van der Waals surface area contributed by atoms with Crippen molar-refractivity contribution in [1.82, 2.24) is 9.97 Å². The minimum absolute atomic E-state index is 0.104. The molecule has 0 unspecified atom stereocenters. The van der Waals surface area contributed by atoms with Crippen LogP contribution in [-0.2, 0) is 11.2 Å². The number of nitrogens with one attached hydrogen (secondary N) is 3. The number of benzene rings is 1. The highest BCUT2D eigenvalue weighted by molar-refractivity contribution is 9.10. The molecule has 2 rings (SSSR count). The summed E-state index contributed by atoms with van der Waals surface area (Å²) in [5, 5.41) is 2.75. The number of aromatic amines is 2. The van der Waals surface area contributed by atoms with Gasteiger partial charge in [-0.25, -0.2) is 4.79 Å². The van der Waals surface area contributed by atoms with E-state index in [1.54, 1.807) is 13.0 Å². The van der Waals surface area contributed by atoms with Crippen LogP contribution in [0, 0.1) is 13.8 Å². The third kappa shape index (κ3) is 3.69. The molecule has 0 aliphatic rings. The average molecular weight is 352 g/mol. The molecule has 1 aromatic carbocycles. The first-order valence-electron chi connectivity index (χ1n) is 6.25. The van der Waals surface area contributed by atoms with Crippen LogP contribution in [0.1, 0.15) is 16.8 Å². The summed E-state index contributed by atoms with van der Waals surface area (Å²) in [5.74, 6) is -0.318. The summed E-state index contributed by atoms with van der Waals surface area (Å²) in [6.45, 7) is 3.46. The minimum Gasteiger partial charge on any atom is -0.326 e. The predicted octanol–water partition coefficient (Wildman–Crippen LogP) is 1.62. The number of halogens is 1. The van der Waals surface area contributed by atoms with Crippen LogP contribution in [0.2, 0.25) is 0 Å². The molecule has 2 aromatic rings. The summed E-state index contributed by atoms with van der Waals surface area (Å²) >= 11 is 3.35. The average Bonchev–Trinajstić information content (AvgIpc) is 2.37. The monoisotopic (exact) mass is 351 g/mol. The van der Waals surface area contributed by atoms with Crippen LogP contribution in [-0.4, -0.2) is 15.9 Å². The van der Waals surface area contributed by atoms with Crippen molar-refractivity contribution in [2.45, 2.75) is 20.3 Å². The summed E-state index contributed by atoms with van der Waals surface area (Å²) in [6.07, 6.45) is -0.104. The molecule has 0 bridgehead atoms. The number of carbonyl (C=O) groups excluding carboxylic acids is 1. The molecule has 1 aromatic heterocycles. The third-order valence-corrected chi connectivity index (χ3v) is 3.55. The lowest BCUT2D eigenvalue weighted by atomic mass is 10.1. The molecule has 0 radical (unpaired) electrons. The van der Waals surface area contributed by atoms with Crippen LogP contribution in [0.4, 0.5) is 5.69 Å². The predicted molar refractivity (Wildman–Crippen MR) is 83.6 cm³/mol. The van der Waals surface area contributed by atoms with Crippen molar-refractivity contribution in [3.05, 3.63) is 60.3 Å². The number of anilines is 1. The zero-order valence-electron chi connectivity index (χ0n) is 11.5. The smallest absolute Gasteiger partial charge is 0.325 e. The molecule has 0 spiro atoms. The number of amides is 1. The Labute approximate surface area is 128 Å². The summed E-state index contributed by atoms with van der Waals surface area (Å²) in [7, 11) is 0. The topological polar surface area (TPSA) is 94.8 Å². The van der Waals surface area contributed by atoms with E-state index in [9.17, 15) is 14.4 Å². The molecule has 0 fully saturated rings. The van der Waals surface area contributed by atoms with E-state index in [1.165, 1.54) is 0 Å². The van der Waals surface area contributed by atoms with E-state index in [2.05, 4.69) is 31.2 Å². The Balaban J connectivity index is 2.19. The Morgan fingerprint density at radius 2 is 1.95 bits per heavy atom. The zero-order valence-corrected chi connectivity index (χ0v) is 13.1. The summed E-state index contributed by atoms with van der Waals surface area (Å²) in [5.41, 5.74) is 1.11. The van der Waals surface area contributed by atoms with Crippen LogP contribution < -0.4 is 16.6 Å². The maximum Gasteiger partial charge on any atom is 0.325 e. The van der Waals surface area contributed by atoms with Crippen molar-refractivity contribution in [3.8, 4) is 0 Å². The Hall–Kier alpha value is -2.15. The van der Waals surface area contributed by atoms with Gasteiger partial charge in [0.2, 0.25) is 5.91 Å². The van der Waals surface area contributed by atoms with Crippen molar-refractivity contribution in [2.24, 2.45) is 0 Å². The van der Waals surface area contributed by atoms with Crippen molar-refractivity contribution in [1.29, 1.82) is 0 Å². The van der Waals surface area contributed by atoms with Gasteiger partial charge in [-0.05, 0) is 37.6 Å². The maximum atomic E-state index is 12.0. The Bertz CT molecular complexity index is 808. The molecule has 1 heterocycles. The molecule has 110 valence electrons. The van der Waals surface area contributed by atoms with Crippen molar-refractivity contribution in [2.75, 3.05) is 5.32 Å². The molecule has 21 heavy (non-hydrogen) atoms. The van der Waals surface area contributed by atoms with Crippen molar-refractivity contribution in [3.63, 3.8) is 0 Å². The molecular weight excluding hydrogens is 338 g/mol. The summed E-state index contributed by atoms with van der Waals surface area (Å²) in [4.78, 5) is 39.4. The van der Waals surface area contributed by atoms with E-state index in [0.29, 0.717) is 11.4 Å². The lowest BCUT2D eigenvalue weighted by Crippen LogP contribution is -2.29. The van der Waals surface area contributed by atoms with E-state index in [4.69, 9.17) is 0 Å². The third-order valence-electron chi connectivity index (χ3n) is 3.05. The highest BCUT2D eigenvalue weighted by Crippen LogP contribution is 2.20. The van der Waals surface area contributed by atoms with E-state index >= 15 is 0 Å². The van der Waals surface area contributed by atoms with Crippen LogP contribution >= 0.6 is 15.9 Å². The van der Waals surface area contributed by atoms with Gasteiger partial charge < -0.3 is 10.3 Å². The molecule has 0 saturated carbocycles. The van der Waals surface area contributed by atoms with Crippen LogP contribution in [0.5, 0.6) is 0 Å². The van der Waals surface area contributed by atoms with E-state index in [1.807, 2.05) is 19.1 Å². The number of aryl methyl sites for hydroxylation is 2. The second-order valence-corrected chi connectivity index (χ2v) is 5.61. The molecule has 3 N–H and O–H groups in total. The summed E-state index contributed by atoms with van der Waals surface area (Å²) < 4.78 is 0.922. The van der Waals surface area contributed by atoms with Gasteiger partial charge >= 0.3 is 5.69 Å². The molecule has 0 saturated heterocycles. The number of carbonyl (C=O) groups is 1. The van der Waals surface area contributed by atoms with Crippen LogP contribution in [0.3, 0.4) is 0 Å². The van der Waals surface area contributed by atoms with Gasteiger partial charge in [-0.3, -0.25) is 14.6 Å². The highest BCUT2D eigenvalue weighted by Gasteiger charge is 2.12. The molecule has 0 atom stereocenters. The highest BCUT2D eigenvalue weighted by atomic mass is 79.9. The number of aromatic nitrogens is 2. The van der Waals surface area contributed by atoms with Gasteiger partial charge in [-0.1, -0.05) is 15.9 Å². The zero-order chi connectivity index (χ0) is 15.6. The number of H-pyrrole nitrogens is 2. The van der Waals surface area contributed by atoms with Crippen molar-refractivity contribution >= 4 is 27.5 Å². The Kier molecular flexibility index (Phi) is 4.42. The molecular formula is C14H14BrN3O3. The standard InChI is InChI=1S/C14H14BrN3O3/c1-7-5-9(15)3-4-11(7)17-12(19)6-10-8(2)16-14(21)18-13(10)20/h3-5H,6H2,1-2H3,(H,17,19)(H2,16,18,20,21). The molecule has 6 nitrogen and oxygen atoms in total. The number of rotatable bonds is 3. The fourth-order valence-electron chi connectivity index (χ4n) is 1.96. The van der Waals surface area contributed by atoms with E-state index in [-0.39, 0.29) is 17.9 Å². The second kappa shape index (κ2) is 6.09. The van der Waals surface area contributed by atoms with Crippen LogP contribution in [0.25, 0.3) is 0 Å². The van der Waals surface area contributed by atoms with Gasteiger partial charge in [0.05, 0.1) is 6.42 Å². The SMILES string of the molecule is Cc1cc(Br)ccc1NC(=O)Cc1c(C)[nH]c(=O)[nH]c1=O. The maximum absolute atomic E-state index is 12.0. The lowest BCUT2D eigenvalue weighted by molar-refractivity contribution is -0.115. The second-order valence-electron chi connectivity index (χ2n) is 4.70. The molecule has 0 aliphatic heterocycles. The fourth-order valence-corrected chi connectivity index (χ4v) is 2.44. The van der Waals surface area contributed by atoms with E-state index in [0.717, 1.165) is 10.0 Å². The number of hydrogen-bond donors (Lipinski definition) is 3. The van der Waals surface area contributed by atoms with Gasteiger partial charge in [0, 0.05) is 21.4 Å². The first kappa shape index (κ1) is 15.2. The minimum atomic E-state index is -0.578. The largest absolute Gasteiger partial charge is 0.326 e. The molecule has 1 amide bonds. The van der Waals surface area contributed by atoms with Crippen LogP contribution in [0.15, 0.2) is 32.3 Å². The normalized spacial score (nSPS) is 10.4. The number of hydrogen-bond acceptors (Lipinski definition) is 3. The van der Waals surface area contributed by atoms with Gasteiger partial charge in [-0.15, -0.1) is 0 Å². The first-order valence-corrected chi connectivity index (χ1v) is 7.04. The van der Waals surface area contributed by atoms with E-state index < -0.39 is 11.2 Å². The molecule has 0 aliphatic carbocycles. The lowest BCUT2D eigenvalue weighted by Gasteiger charge is -2.09. The molecule has 7 heteroatoms. The Morgan fingerprint density at radius 1 is 1.24 bits per heavy atom. The van der Waals surface area contributed by atoms with Gasteiger partial charge in [0.1, 0.15) is 0 Å².